The predicted molar refractivity (Wildman–Crippen MR) is 75.0 cm³/mol. The molecule has 0 aliphatic carbocycles. The molecule has 0 spiro atoms. The van der Waals surface area contributed by atoms with E-state index in [1.165, 1.54) is 0 Å². The molecule has 0 aliphatic heterocycles. The minimum Gasteiger partial charge on any atom is -0.457 e. The average molecular weight is 251 g/mol. The van der Waals surface area contributed by atoms with Gasteiger partial charge in [-0.3, -0.25) is 0 Å². The number of nitrogens with zero attached hydrogens (tertiary/aromatic N) is 1. The van der Waals surface area contributed by atoms with E-state index in [4.69, 9.17) is 10.5 Å². The number of nitrogens with two attached hydrogens (primary N) is 1. The molecule has 94 valence electrons. The highest BCUT2D eigenvalue weighted by atomic mass is 16.5. The molecule has 0 aliphatic rings. The molecule has 4 heteroatoms. The molecule has 3 aromatic rings. The molecule has 3 rings (SSSR count). The number of aromatic amines is 1. The maximum absolute atomic E-state index is 5.72. The van der Waals surface area contributed by atoms with Crippen LogP contribution in [-0.2, 0) is 0 Å². The zero-order valence-corrected chi connectivity index (χ0v) is 10.2. The van der Waals surface area contributed by atoms with Gasteiger partial charge in [0.25, 0.3) is 0 Å². The molecule has 0 bridgehead atoms. The SMILES string of the molecule is Nc1ncc(-c2ccc(Oc3ccccc3)cc2)[nH]1. The molecule has 2 aromatic carbocycles. The third-order valence-electron chi connectivity index (χ3n) is 2.74. The van der Waals surface area contributed by atoms with Crippen LogP contribution in [0.5, 0.6) is 11.5 Å². The van der Waals surface area contributed by atoms with Crippen LogP contribution in [0.3, 0.4) is 0 Å². The summed E-state index contributed by atoms with van der Waals surface area (Å²) >= 11 is 0. The van der Waals surface area contributed by atoms with Crippen molar-refractivity contribution < 1.29 is 4.74 Å². The van der Waals surface area contributed by atoms with E-state index in [1.807, 2.05) is 54.6 Å². The van der Waals surface area contributed by atoms with Crippen molar-refractivity contribution in [1.29, 1.82) is 0 Å². The third-order valence-corrected chi connectivity index (χ3v) is 2.74. The first kappa shape index (κ1) is 11.3. The van der Waals surface area contributed by atoms with Gasteiger partial charge in [-0.05, 0) is 42.0 Å². The second-order valence-corrected chi connectivity index (χ2v) is 4.12. The van der Waals surface area contributed by atoms with Gasteiger partial charge >= 0.3 is 0 Å². The number of nitrogen functional groups attached to an aromatic ring is 1. The molecule has 0 amide bonds. The number of ether oxygens (including phenoxy) is 1. The van der Waals surface area contributed by atoms with Crippen LogP contribution < -0.4 is 10.5 Å². The molecule has 0 radical (unpaired) electrons. The molecule has 4 nitrogen and oxygen atoms in total. The largest absolute Gasteiger partial charge is 0.457 e. The lowest BCUT2D eigenvalue weighted by Crippen LogP contribution is -1.86. The molecule has 0 fully saturated rings. The number of H-pyrrole nitrogens is 1. The molecule has 0 atom stereocenters. The summed E-state index contributed by atoms with van der Waals surface area (Å²) in [6.07, 6.45) is 1.71. The van der Waals surface area contributed by atoms with Gasteiger partial charge in [-0.25, -0.2) is 4.98 Å². The first-order valence-corrected chi connectivity index (χ1v) is 5.95. The van der Waals surface area contributed by atoms with E-state index in [1.54, 1.807) is 6.20 Å². The summed E-state index contributed by atoms with van der Waals surface area (Å²) < 4.78 is 5.72. The van der Waals surface area contributed by atoms with Crippen molar-refractivity contribution in [3.05, 3.63) is 60.8 Å². The Morgan fingerprint density at radius 2 is 1.58 bits per heavy atom. The summed E-state index contributed by atoms with van der Waals surface area (Å²) in [6, 6.07) is 17.4. The number of para-hydroxylation sites is 1. The highest BCUT2D eigenvalue weighted by Crippen LogP contribution is 2.24. The van der Waals surface area contributed by atoms with Gasteiger partial charge in [0, 0.05) is 0 Å². The Bertz CT molecular complexity index is 659. The van der Waals surface area contributed by atoms with Crippen LogP contribution in [0.25, 0.3) is 11.3 Å². The average Bonchev–Trinajstić information content (AvgIpc) is 2.87. The molecule has 0 saturated carbocycles. The molecular formula is C15H13N3O. The maximum Gasteiger partial charge on any atom is 0.197 e. The normalized spacial score (nSPS) is 10.3. The predicted octanol–water partition coefficient (Wildman–Crippen LogP) is 3.45. The van der Waals surface area contributed by atoms with Crippen LogP contribution in [0.2, 0.25) is 0 Å². The molecule has 0 unspecified atom stereocenters. The second-order valence-electron chi connectivity index (χ2n) is 4.12. The first-order chi connectivity index (χ1) is 9.31. The van der Waals surface area contributed by atoms with E-state index in [0.717, 1.165) is 22.8 Å². The fourth-order valence-corrected chi connectivity index (χ4v) is 1.81. The summed E-state index contributed by atoms with van der Waals surface area (Å²) in [5.41, 5.74) is 7.47. The highest BCUT2D eigenvalue weighted by Gasteiger charge is 2.02. The number of hydrogen-bond donors (Lipinski definition) is 2. The summed E-state index contributed by atoms with van der Waals surface area (Å²) in [7, 11) is 0. The van der Waals surface area contributed by atoms with Gasteiger partial charge in [0.2, 0.25) is 0 Å². The van der Waals surface area contributed by atoms with Gasteiger partial charge in [-0.1, -0.05) is 18.2 Å². The second kappa shape index (κ2) is 4.86. The van der Waals surface area contributed by atoms with Gasteiger partial charge in [-0.2, -0.15) is 0 Å². The topological polar surface area (TPSA) is 63.9 Å². The van der Waals surface area contributed by atoms with Gasteiger partial charge < -0.3 is 15.5 Å². The van der Waals surface area contributed by atoms with E-state index in [-0.39, 0.29) is 0 Å². The smallest absolute Gasteiger partial charge is 0.197 e. The Hall–Kier alpha value is -2.75. The van der Waals surface area contributed by atoms with Crippen molar-refractivity contribution in [3.63, 3.8) is 0 Å². The molecule has 19 heavy (non-hydrogen) atoms. The number of anilines is 1. The zero-order chi connectivity index (χ0) is 13.1. The number of nitrogens with one attached hydrogen (secondary N) is 1. The Kier molecular flexibility index (Phi) is 2.90. The Morgan fingerprint density at radius 3 is 2.21 bits per heavy atom. The lowest BCUT2D eigenvalue weighted by Gasteiger charge is -2.05. The van der Waals surface area contributed by atoms with Crippen molar-refractivity contribution >= 4 is 5.95 Å². The first-order valence-electron chi connectivity index (χ1n) is 5.95. The van der Waals surface area contributed by atoms with E-state index < -0.39 is 0 Å². The number of hydrogen-bond acceptors (Lipinski definition) is 3. The lowest BCUT2D eigenvalue weighted by atomic mass is 10.2. The third kappa shape index (κ3) is 2.57. The molecule has 1 heterocycles. The van der Waals surface area contributed by atoms with Crippen LogP contribution in [0, 0.1) is 0 Å². The van der Waals surface area contributed by atoms with Crippen LogP contribution in [0.15, 0.2) is 60.8 Å². The monoisotopic (exact) mass is 251 g/mol. The minimum atomic E-state index is 0.416. The van der Waals surface area contributed by atoms with Gasteiger partial charge in [-0.15, -0.1) is 0 Å². The number of rotatable bonds is 3. The van der Waals surface area contributed by atoms with Crippen LogP contribution in [0.4, 0.5) is 5.95 Å². The van der Waals surface area contributed by atoms with Gasteiger partial charge in [0.15, 0.2) is 5.95 Å². The minimum absolute atomic E-state index is 0.416. The standard InChI is InChI=1S/C15H13N3O/c16-15-17-10-14(18-15)11-6-8-13(9-7-11)19-12-4-2-1-3-5-12/h1-10H,(H3,16,17,18). The fourth-order valence-electron chi connectivity index (χ4n) is 1.81. The van der Waals surface area contributed by atoms with E-state index >= 15 is 0 Å². The van der Waals surface area contributed by atoms with Crippen molar-refractivity contribution in [2.24, 2.45) is 0 Å². The maximum atomic E-state index is 5.72. The van der Waals surface area contributed by atoms with Crippen LogP contribution >= 0.6 is 0 Å². The summed E-state index contributed by atoms with van der Waals surface area (Å²) in [6.45, 7) is 0. The molecule has 3 N–H and O–H groups in total. The van der Waals surface area contributed by atoms with Crippen molar-refractivity contribution in [2.45, 2.75) is 0 Å². The molecular weight excluding hydrogens is 238 g/mol. The van der Waals surface area contributed by atoms with Crippen molar-refractivity contribution in [3.8, 4) is 22.8 Å². The molecule has 1 aromatic heterocycles. The summed E-state index contributed by atoms with van der Waals surface area (Å²) in [5, 5.41) is 0. The fraction of sp³-hybridized carbons (Fsp3) is 0. The van der Waals surface area contributed by atoms with E-state index in [9.17, 15) is 0 Å². The van der Waals surface area contributed by atoms with Crippen molar-refractivity contribution in [1.82, 2.24) is 9.97 Å². The van der Waals surface area contributed by atoms with Gasteiger partial charge in [0.1, 0.15) is 11.5 Å². The number of aromatic nitrogens is 2. The Balaban J connectivity index is 1.79. The number of imidazole rings is 1. The quantitative estimate of drug-likeness (QED) is 0.749. The highest BCUT2D eigenvalue weighted by molar-refractivity contribution is 5.60. The van der Waals surface area contributed by atoms with Gasteiger partial charge in [0.05, 0.1) is 11.9 Å². The lowest BCUT2D eigenvalue weighted by molar-refractivity contribution is 0.483. The van der Waals surface area contributed by atoms with Crippen LogP contribution in [-0.4, -0.2) is 9.97 Å². The number of benzene rings is 2. The Labute approximate surface area is 110 Å². The van der Waals surface area contributed by atoms with Crippen molar-refractivity contribution in [2.75, 3.05) is 5.73 Å². The summed E-state index contributed by atoms with van der Waals surface area (Å²) in [4.78, 5) is 6.96. The zero-order valence-electron chi connectivity index (χ0n) is 10.2. The van der Waals surface area contributed by atoms with E-state index in [0.29, 0.717) is 5.95 Å². The van der Waals surface area contributed by atoms with Crippen LogP contribution in [0.1, 0.15) is 0 Å². The molecule has 0 saturated heterocycles. The summed E-state index contributed by atoms with van der Waals surface area (Å²) in [5.74, 6) is 2.03. The van der Waals surface area contributed by atoms with E-state index in [2.05, 4.69) is 9.97 Å². The Morgan fingerprint density at radius 1 is 0.895 bits per heavy atom.